The molecule has 0 aromatic carbocycles. The predicted molar refractivity (Wildman–Crippen MR) is 76.0 cm³/mol. The van der Waals surface area contributed by atoms with Crippen LogP contribution in [-0.2, 0) is 0 Å². The number of nitrogens with two attached hydrogens (primary N) is 1. The Labute approximate surface area is 121 Å². The number of nitrogens with zero attached hydrogens (tertiary/aromatic N) is 2. The summed E-state index contributed by atoms with van der Waals surface area (Å²) in [5, 5.41) is 10.6. The minimum atomic E-state index is -0.474. The number of hydrogen-bond donors (Lipinski definition) is 1. The number of thiophene rings is 1. The second-order valence-corrected chi connectivity index (χ2v) is 5.34. The van der Waals surface area contributed by atoms with Gasteiger partial charge in [-0.05, 0) is 25.3 Å². The lowest BCUT2D eigenvalue weighted by Gasteiger charge is -2.34. The van der Waals surface area contributed by atoms with Crippen LogP contribution < -0.4 is 5.73 Å². The highest BCUT2D eigenvalue weighted by molar-refractivity contribution is 7.17. The van der Waals surface area contributed by atoms with Crippen molar-refractivity contribution in [2.24, 2.45) is 5.73 Å². The van der Waals surface area contributed by atoms with Gasteiger partial charge in [-0.1, -0.05) is 11.3 Å². The van der Waals surface area contributed by atoms with Crippen LogP contribution in [0.25, 0.3) is 0 Å². The highest BCUT2D eigenvalue weighted by Gasteiger charge is 2.28. The quantitative estimate of drug-likeness (QED) is 0.683. The van der Waals surface area contributed by atoms with E-state index in [2.05, 4.69) is 0 Å². The standard InChI is InChI=1S/C11H15N3O3S.ClH/c12-7-8-3-1-2-6-13(8)11(15)9-4-5-10(18-9)14(16)17;/h4-5,8H,1-3,6-7,12H2;1H. The Morgan fingerprint density at radius 1 is 1.53 bits per heavy atom. The van der Waals surface area contributed by atoms with Gasteiger partial charge in [0.1, 0.15) is 0 Å². The van der Waals surface area contributed by atoms with Crippen LogP contribution in [0, 0.1) is 10.1 Å². The molecule has 1 aromatic heterocycles. The lowest BCUT2D eigenvalue weighted by Crippen LogP contribution is -2.47. The van der Waals surface area contributed by atoms with Crippen molar-refractivity contribution in [1.82, 2.24) is 4.90 Å². The van der Waals surface area contributed by atoms with Crippen molar-refractivity contribution in [3.8, 4) is 0 Å². The van der Waals surface area contributed by atoms with Gasteiger partial charge in [0.2, 0.25) is 0 Å². The van der Waals surface area contributed by atoms with E-state index in [0.29, 0.717) is 18.0 Å². The smallest absolute Gasteiger partial charge is 0.324 e. The van der Waals surface area contributed by atoms with Gasteiger partial charge in [0.25, 0.3) is 5.91 Å². The first-order chi connectivity index (χ1) is 8.63. The van der Waals surface area contributed by atoms with E-state index in [4.69, 9.17) is 5.73 Å². The second-order valence-electron chi connectivity index (χ2n) is 4.28. The summed E-state index contributed by atoms with van der Waals surface area (Å²) in [4.78, 5) is 24.6. The van der Waals surface area contributed by atoms with Gasteiger partial charge in [-0.25, -0.2) is 0 Å². The fraction of sp³-hybridized carbons (Fsp3) is 0.545. The van der Waals surface area contributed by atoms with E-state index in [1.165, 1.54) is 12.1 Å². The van der Waals surface area contributed by atoms with Crippen molar-refractivity contribution in [2.75, 3.05) is 13.1 Å². The number of likely N-dealkylation sites (tertiary alicyclic amines) is 1. The molecule has 1 aromatic rings. The van der Waals surface area contributed by atoms with Crippen LogP contribution >= 0.6 is 23.7 Å². The molecule has 106 valence electrons. The Morgan fingerprint density at radius 2 is 2.26 bits per heavy atom. The lowest BCUT2D eigenvalue weighted by atomic mass is 10.0. The number of hydrogen-bond acceptors (Lipinski definition) is 5. The Kier molecular flexibility index (Phi) is 5.71. The maximum atomic E-state index is 12.3. The fourth-order valence-electron chi connectivity index (χ4n) is 2.20. The third-order valence-corrected chi connectivity index (χ3v) is 4.17. The number of halogens is 1. The number of carbonyl (C=O) groups is 1. The van der Waals surface area contributed by atoms with Crippen molar-refractivity contribution in [1.29, 1.82) is 0 Å². The summed E-state index contributed by atoms with van der Waals surface area (Å²) in [5.41, 5.74) is 5.66. The Morgan fingerprint density at radius 3 is 2.84 bits per heavy atom. The van der Waals surface area contributed by atoms with E-state index in [1.807, 2.05) is 0 Å². The summed E-state index contributed by atoms with van der Waals surface area (Å²) < 4.78 is 0. The first-order valence-corrected chi connectivity index (χ1v) is 6.70. The first-order valence-electron chi connectivity index (χ1n) is 5.88. The number of carbonyl (C=O) groups excluding carboxylic acids is 1. The summed E-state index contributed by atoms with van der Waals surface area (Å²) in [6.45, 7) is 1.13. The van der Waals surface area contributed by atoms with Crippen molar-refractivity contribution in [3.05, 3.63) is 27.1 Å². The molecule has 2 N–H and O–H groups in total. The van der Waals surface area contributed by atoms with E-state index in [9.17, 15) is 14.9 Å². The zero-order valence-electron chi connectivity index (χ0n) is 10.3. The van der Waals surface area contributed by atoms with Gasteiger partial charge in [-0.3, -0.25) is 14.9 Å². The molecule has 1 atom stereocenters. The molecular formula is C11H16ClN3O3S. The fourth-order valence-corrected chi connectivity index (χ4v) is 2.97. The van der Waals surface area contributed by atoms with Crippen molar-refractivity contribution < 1.29 is 9.72 Å². The molecule has 2 rings (SSSR count). The van der Waals surface area contributed by atoms with E-state index in [1.54, 1.807) is 4.90 Å². The van der Waals surface area contributed by atoms with Crippen LogP contribution in [0.2, 0.25) is 0 Å². The summed E-state index contributed by atoms with van der Waals surface area (Å²) in [5.74, 6) is -0.136. The molecule has 1 aliphatic rings. The maximum absolute atomic E-state index is 12.3. The van der Waals surface area contributed by atoms with Crippen LogP contribution in [0.15, 0.2) is 12.1 Å². The Balaban J connectivity index is 0.00000180. The predicted octanol–water partition coefficient (Wildman–Crippen LogP) is 2.03. The minimum absolute atomic E-state index is 0. The van der Waals surface area contributed by atoms with Crippen LogP contribution in [0.1, 0.15) is 28.9 Å². The number of nitro groups is 1. The average Bonchev–Trinajstić information content (AvgIpc) is 2.87. The van der Waals surface area contributed by atoms with E-state index < -0.39 is 4.92 Å². The van der Waals surface area contributed by atoms with Gasteiger partial charge in [0, 0.05) is 25.2 Å². The molecule has 1 fully saturated rings. The van der Waals surface area contributed by atoms with Crippen molar-refractivity contribution >= 4 is 34.7 Å². The van der Waals surface area contributed by atoms with E-state index in [-0.39, 0.29) is 29.4 Å². The highest BCUT2D eigenvalue weighted by atomic mass is 35.5. The van der Waals surface area contributed by atoms with Gasteiger partial charge in [0.15, 0.2) is 0 Å². The summed E-state index contributed by atoms with van der Waals surface area (Å²) in [6, 6.07) is 2.96. The molecular weight excluding hydrogens is 290 g/mol. The van der Waals surface area contributed by atoms with Crippen LogP contribution in [0.4, 0.5) is 5.00 Å². The summed E-state index contributed by atoms with van der Waals surface area (Å²) in [6.07, 6.45) is 2.96. The van der Waals surface area contributed by atoms with Crippen LogP contribution in [0.3, 0.4) is 0 Å². The first kappa shape index (κ1) is 15.9. The summed E-state index contributed by atoms with van der Waals surface area (Å²) in [7, 11) is 0. The van der Waals surface area contributed by atoms with Gasteiger partial charge in [-0.15, -0.1) is 12.4 Å². The number of piperidine rings is 1. The largest absolute Gasteiger partial charge is 0.334 e. The number of rotatable bonds is 3. The van der Waals surface area contributed by atoms with Crippen LogP contribution in [0.5, 0.6) is 0 Å². The Bertz CT molecular complexity index is 466. The third kappa shape index (κ3) is 3.43. The normalized spacial score (nSPS) is 18.8. The molecule has 1 aliphatic heterocycles. The molecule has 0 aliphatic carbocycles. The zero-order valence-corrected chi connectivity index (χ0v) is 11.9. The zero-order chi connectivity index (χ0) is 13.1. The van der Waals surface area contributed by atoms with Crippen molar-refractivity contribution in [2.45, 2.75) is 25.3 Å². The van der Waals surface area contributed by atoms with E-state index in [0.717, 1.165) is 30.6 Å². The second kappa shape index (κ2) is 6.83. The van der Waals surface area contributed by atoms with Crippen molar-refractivity contribution in [3.63, 3.8) is 0 Å². The molecule has 8 heteroatoms. The molecule has 1 unspecified atom stereocenters. The van der Waals surface area contributed by atoms with E-state index >= 15 is 0 Å². The topological polar surface area (TPSA) is 89.5 Å². The summed E-state index contributed by atoms with van der Waals surface area (Å²) >= 11 is 0.924. The SMILES string of the molecule is Cl.NCC1CCCCN1C(=O)c1ccc([N+](=O)[O-])s1. The Hall–Kier alpha value is -1.18. The molecule has 0 bridgehead atoms. The minimum Gasteiger partial charge on any atom is -0.334 e. The van der Waals surface area contributed by atoms with Crippen LogP contribution in [-0.4, -0.2) is 34.9 Å². The molecule has 6 nitrogen and oxygen atoms in total. The molecule has 19 heavy (non-hydrogen) atoms. The lowest BCUT2D eigenvalue weighted by molar-refractivity contribution is -0.380. The molecule has 1 amide bonds. The molecule has 0 spiro atoms. The molecule has 0 saturated carbocycles. The third-order valence-electron chi connectivity index (χ3n) is 3.14. The monoisotopic (exact) mass is 305 g/mol. The molecule has 2 heterocycles. The highest BCUT2D eigenvalue weighted by Crippen LogP contribution is 2.27. The molecule has 1 saturated heterocycles. The number of amides is 1. The van der Waals surface area contributed by atoms with Gasteiger partial charge >= 0.3 is 5.00 Å². The maximum Gasteiger partial charge on any atom is 0.324 e. The van der Waals surface area contributed by atoms with Gasteiger partial charge < -0.3 is 10.6 Å². The molecule has 0 radical (unpaired) electrons. The average molecular weight is 306 g/mol. The van der Waals surface area contributed by atoms with Gasteiger partial charge in [-0.2, -0.15) is 0 Å². The van der Waals surface area contributed by atoms with Gasteiger partial charge in [0.05, 0.1) is 9.80 Å².